The van der Waals surface area contributed by atoms with Crippen LogP contribution < -0.4 is 5.32 Å². The summed E-state index contributed by atoms with van der Waals surface area (Å²) in [6, 6.07) is 0.748. The standard InChI is InChI=1S/C14H25N3O.2ClH/c18-14(12-3-6-15-11-12)17-9-4-13(5-10-17)16-7-1-2-8-16;;/h12-13,15H,1-11H2;2*1H. The molecule has 0 aromatic heterocycles. The third-order valence-electron chi connectivity index (χ3n) is 4.84. The molecule has 0 aromatic rings. The minimum Gasteiger partial charge on any atom is -0.342 e. The predicted molar refractivity (Wildman–Crippen MR) is 85.9 cm³/mol. The number of hydrogen-bond acceptors (Lipinski definition) is 3. The van der Waals surface area contributed by atoms with E-state index in [0.29, 0.717) is 5.91 Å². The van der Waals surface area contributed by atoms with Crippen molar-refractivity contribution in [1.82, 2.24) is 15.1 Å². The number of hydrogen-bond donors (Lipinski definition) is 1. The Kier molecular flexibility index (Phi) is 7.59. The first-order chi connectivity index (χ1) is 8.84. The summed E-state index contributed by atoms with van der Waals surface area (Å²) in [4.78, 5) is 17.1. The fourth-order valence-corrected chi connectivity index (χ4v) is 3.68. The molecular weight excluding hydrogens is 297 g/mol. The SMILES string of the molecule is Cl.Cl.O=C(C1CCNC1)N1CCC(N2CCCC2)CC1. The molecule has 0 bridgehead atoms. The van der Waals surface area contributed by atoms with Gasteiger partial charge >= 0.3 is 0 Å². The summed E-state index contributed by atoms with van der Waals surface area (Å²) in [5, 5.41) is 3.29. The lowest BCUT2D eigenvalue weighted by atomic mass is 10.0. The van der Waals surface area contributed by atoms with Crippen LogP contribution in [0.2, 0.25) is 0 Å². The zero-order valence-corrected chi connectivity index (χ0v) is 13.7. The molecule has 0 aromatic carbocycles. The van der Waals surface area contributed by atoms with Crippen molar-refractivity contribution in [3.8, 4) is 0 Å². The van der Waals surface area contributed by atoms with E-state index in [2.05, 4.69) is 15.1 Å². The molecule has 3 rings (SSSR count). The fraction of sp³-hybridized carbons (Fsp3) is 0.929. The zero-order valence-electron chi connectivity index (χ0n) is 12.1. The van der Waals surface area contributed by atoms with E-state index in [-0.39, 0.29) is 30.7 Å². The smallest absolute Gasteiger partial charge is 0.227 e. The lowest BCUT2D eigenvalue weighted by Crippen LogP contribution is -2.47. The highest BCUT2D eigenvalue weighted by Gasteiger charge is 2.32. The van der Waals surface area contributed by atoms with Crippen molar-refractivity contribution >= 4 is 30.7 Å². The van der Waals surface area contributed by atoms with Crippen molar-refractivity contribution < 1.29 is 4.79 Å². The van der Waals surface area contributed by atoms with E-state index in [1.807, 2.05) is 0 Å². The Morgan fingerprint density at radius 1 is 0.950 bits per heavy atom. The third kappa shape index (κ3) is 4.00. The lowest BCUT2D eigenvalue weighted by Gasteiger charge is -2.37. The van der Waals surface area contributed by atoms with Crippen molar-refractivity contribution in [2.24, 2.45) is 5.92 Å². The summed E-state index contributed by atoms with van der Waals surface area (Å²) in [5.74, 6) is 0.660. The van der Waals surface area contributed by atoms with Gasteiger partial charge < -0.3 is 15.1 Å². The van der Waals surface area contributed by atoms with Gasteiger partial charge in [0.2, 0.25) is 5.91 Å². The van der Waals surface area contributed by atoms with Crippen LogP contribution in [0.15, 0.2) is 0 Å². The van der Waals surface area contributed by atoms with Gasteiger partial charge in [0, 0.05) is 25.7 Å². The molecule has 20 heavy (non-hydrogen) atoms. The van der Waals surface area contributed by atoms with Crippen LogP contribution in [0.25, 0.3) is 0 Å². The minimum absolute atomic E-state index is 0. The molecule has 1 N–H and O–H groups in total. The molecule has 0 spiro atoms. The van der Waals surface area contributed by atoms with Crippen molar-refractivity contribution in [2.75, 3.05) is 39.3 Å². The Labute approximate surface area is 134 Å². The average molecular weight is 324 g/mol. The molecule has 0 aliphatic carbocycles. The van der Waals surface area contributed by atoms with Crippen LogP contribution in [0.4, 0.5) is 0 Å². The number of rotatable bonds is 2. The Hall–Kier alpha value is -0.0300. The van der Waals surface area contributed by atoms with Gasteiger partial charge in [-0.25, -0.2) is 0 Å². The molecule has 3 heterocycles. The second kappa shape index (κ2) is 8.42. The molecule has 4 nitrogen and oxygen atoms in total. The van der Waals surface area contributed by atoms with E-state index < -0.39 is 0 Å². The second-order valence-electron chi connectivity index (χ2n) is 5.99. The van der Waals surface area contributed by atoms with E-state index in [1.54, 1.807) is 0 Å². The summed E-state index contributed by atoms with van der Waals surface area (Å²) >= 11 is 0. The Bertz CT molecular complexity index is 297. The van der Waals surface area contributed by atoms with Crippen LogP contribution in [-0.4, -0.2) is 61.0 Å². The van der Waals surface area contributed by atoms with E-state index in [0.717, 1.165) is 38.6 Å². The number of amides is 1. The zero-order chi connectivity index (χ0) is 12.4. The maximum atomic E-state index is 12.3. The summed E-state index contributed by atoms with van der Waals surface area (Å²) < 4.78 is 0. The van der Waals surface area contributed by atoms with Crippen molar-refractivity contribution in [2.45, 2.75) is 38.1 Å². The number of nitrogens with one attached hydrogen (secondary N) is 1. The van der Waals surface area contributed by atoms with Crippen LogP contribution >= 0.6 is 24.8 Å². The van der Waals surface area contributed by atoms with Crippen molar-refractivity contribution in [3.05, 3.63) is 0 Å². The number of carbonyl (C=O) groups excluding carboxylic acids is 1. The molecule has 1 amide bonds. The maximum Gasteiger partial charge on any atom is 0.227 e. The van der Waals surface area contributed by atoms with Gasteiger partial charge in [-0.05, 0) is 51.7 Å². The van der Waals surface area contributed by atoms with Crippen LogP contribution in [0.5, 0.6) is 0 Å². The molecule has 3 aliphatic rings. The second-order valence-corrected chi connectivity index (χ2v) is 5.99. The monoisotopic (exact) mass is 323 g/mol. The molecule has 0 saturated carbocycles. The fourth-order valence-electron chi connectivity index (χ4n) is 3.68. The summed E-state index contributed by atoms with van der Waals surface area (Å²) in [7, 11) is 0. The highest BCUT2D eigenvalue weighted by Crippen LogP contribution is 2.22. The quantitative estimate of drug-likeness (QED) is 0.837. The van der Waals surface area contributed by atoms with Crippen molar-refractivity contribution in [1.29, 1.82) is 0 Å². The van der Waals surface area contributed by atoms with Gasteiger partial charge in [0.1, 0.15) is 0 Å². The van der Waals surface area contributed by atoms with Crippen LogP contribution in [0, 0.1) is 5.92 Å². The van der Waals surface area contributed by atoms with E-state index in [4.69, 9.17) is 0 Å². The average Bonchev–Trinajstić information content (AvgIpc) is 3.11. The Morgan fingerprint density at radius 2 is 1.60 bits per heavy atom. The minimum atomic E-state index is 0. The topological polar surface area (TPSA) is 35.6 Å². The van der Waals surface area contributed by atoms with E-state index >= 15 is 0 Å². The number of nitrogens with zero attached hydrogens (tertiary/aromatic N) is 2. The normalized spacial score (nSPS) is 28.0. The van der Waals surface area contributed by atoms with Gasteiger partial charge in [0.25, 0.3) is 0 Å². The molecule has 3 fully saturated rings. The maximum absolute atomic E-state index is 12.3. The first-order valence-corrected chi connectivity index (χ1v) is 7.58. The van der Waals surface area contributed by atoms with Crippen LogP contribution in [0.3, 0.4) is 0 Å². The van der Waals surface area contributed by atoms with Gasteiger partial charge in [0.05, 0.1) is 5.92 Å². The number of likely N-dealkylation sites (tertiary alicyclic amines) is 2. The van der Waals surface area contributed by atoms with Crippen molar-refractivity contribution in [3.63, 3.8) is 0 Å². The number of halogens is 2. The van der Waals surface area contributed by atoms with Gasteiger partial charge in [-0.2, -0.15) is 0 Å². The molecule has 118 valence electrons. The first-order valence-electron chi connectivity index (χ1n) is 7.58. The predicted octanol–water partition coefficient (Wildman–Crippen LogP) is 1.53. The first kappa shape index (κ1) is 18.0. The molecule has 6 heteroatoms. The van der Waals surface area contributed by atoms with Crippen LogP contribution in [-0.2, 0) is 4.79 Å². The van der Waals surface area contributed by atoms with Crippen LogP contribution in [0.1, 0.15) is 32.1 Å². The summed E-state index contributed by atoms with van der Waals surface area (Å²) in [5.41, 5.74) is 0. The molecular formula is C14H27Cl2N3O. The van der Waals surface area contributed by atoms with Gasteiger partial charge in [-0.15, -0.1) is 24.8 Å². The molecule has 0 radical (unpaired) electrons. The number of carbonyl (C=O) groups is 1. The van der Waals surface area contributed by atoms with E-state index in [9.17, 15) is 4.79 Å². The Morgan fingerprint density at radius 3 is 2.15 bits per heavy atom. The van der Waals surface area contributed by atoms with E-state index in [1.165, 1.54) is 38.8 Å². The molecule has 3 aliphatic heterocycles. The largest absolute Gasteiger partial charge is 0.342 e. The summed E-state index contributed by atoms with van der Waals surface area (Å²) in [6.07, 6.45) is 6.14. The Balaban J connectivity index is 0.000001000. The highest BCUT2D eigenvalue weighted by molar-refractivity contribution is 5.85. The van der Waals surface area contributed by atoms with Gasteiger partial charge in [-0.1, -0.05) is 0 Å². The molecule has 1 unspecified atom stereocenters. The lowest BCUT2D eigenvalue weighted by molar-refractivity contribution is -0.136. The summed E-state index contributed by atoms with van der Waals surface area (Å²) in [6.45, 7) is 6.44. The highest BCUT2D eigenvalue weighted by atomic mass is 35.5. The molecule has 1 atom stereocenters. The molecule has 3 saturated heterocycles. The third-order valence-corrected chi connectivity index (χ3v) is 4.84. The van der Waals surface area contributed by atoms with Gasteiger partial charge in [0.15, 0.2) is 0 Å². The number of piperidine rings is 1. The van der Waals surface area contributed by atoms with Gasteiger partial charge in [-0.3, -0.25) is 4.79 Å².